The first-order valence-corrected chi connectivity index (χ1v) is 31.2. The van der Waals surface area contributed by atoms with Gasteiger partial charge in [0.15, 0.2) is 5.60 Å². The maximum absolute atomic E-state index is 11.8. The molecule has 4 aromatic carbocycles. The minimum Gasteiger partial charge on any atom is -0.328 e. The highest BCUT2D eigenvalue weighted by Crippen LogP contribution is 2.62. The Labute approximate surface area is 436 Å². The SMILES string of the molecule is CCCCCCCCCc1ccccc1CC(OP(O)O)(c1ccccc1CCCCCCCCC)C(OP(O)O)(c1ccccc1CCCCCCCCC)c1ccccc1CCCCCCCCC. The quantitative estimate of drug-likeness (QED) is 0.0261. The fourth-order valence-corrected chi connectivity index (χ4v) is 12.4. The van der Waals surface area contributed by atoms with E-state index in [4.69, 9.17) is 9.05 Å². The lowest BCUT2D eigenvalue weighted by Gasteiger charge is -2.52. The Morgan fingerprint density at radius 3 is 0.930 bits per heavy atom. The lowest BCUT2D eigenvalue weighted by molar-refractivity contribution is -0.115. The monoisotopic (exact) mass is 1010 g/mol. The molecule has 8 heteroatoms. The maximum atomic E-state index is 11.8. The predicted octanol–water partition coefficient (Wildman–Crippen LogP) is 18.7. The zero-order chi connectivity index (χ0) is 50.8. The van der Waals surface area contributed by atoms with Gasteiger partial charge in [0.25, 0.3) is 0 Å². The summed E-state index contributed by atoms with van der Waals surface area (Å²) in [7, 11) is -6.10. The second kappa shape index (κ2) is 36.4. The van der Waals surface area contributed by atoms with Crippen LogP contribution in [0.5, 0.6) is 0 Å². The molecule has 4 rings (SSSR count). The van der Waals surface area contributed by atoms with E-state index in [1.807, 2.05) is 18.2 Å². The molecule has 4 N–H and O–H groups in total. The highest BCUT2D eigenvalue weighted by Gasteiger charge is 2.62. The van der Waals surface area contributed by atoms with Crippen molar-refractivity contribution in [1.82, 2.24) is 0 Å². The Balaban J connectivity index is 2.06. The summed E-state index contributed by atoms with van der Waals surface area (Å²) in [5.74, 6) is 0. The van der Waals surface area contributed by atoms with Crippen molar-refractivity contribution in [3.05, 3.63) is 142 Å². The van der Waals surface area contributed by atoms with Crippen LogP contribution in [0.1, 0.15) is 252 Å². The summed E-state index contributed by atoms with van der Waals surface area (Å²) in [6.45, 7) is 9.03. The zero-order valence-electron chi connectivity index (χ0n) is 45.1. The molecule has 0 aromatic heterocycles. The topological polar surface area (TPSA) is 99.4 Å². The third-order valence-corrected chi connectivity index (χ3v) is 15.9. The van der Waals surface area contributed by atoms with Crippen LogP contribution in [-0.4, -0.2) is 19.6 Å². The van der Waals surface area contributed by atoms with E-state index in [-0.39, 0.29) is 6.42 Å². The van der Waals surface area contributed by atoms with E-state index in [0.29, 0.717) is 0 Å². The normalized spacial score (nSPS) is 12.9. The molecule has 0 aliphatic rings. The molecule has 0 fully saturated rings. The van der Waals surface area contributed by atoms with E-state index in [9.17, 15) is 19.6 Å². The largest absolute Gasteiger partial charge is 0.328 e. The first kappa shape index (κ1) is 61.1. The van der Waals surface area contributed by atoms with Crippen molar-refractivity contribution in [2.75, 3.05) is 0 Å². The summed E-state index contributed by atoms with van der Waals surface area (Å²) in [5, 5.41) is 0. The molecule has 1 atom stereocenters. The predicted molar refractivity (Wildman–Crippen MR) is 304 cm³/mol. The van der Waals surface area contributed by atoms with Crippen molar-refractivity contribution in [3.8, 4) is 0 Å². The summed E-state index contributed by atoms with van der Waals surface area (Å²) >= 11 is 0. The smallest absolute Gasteiger partial charge is 0.328 e. The number of hydrogen-bond acceptors (Lipinski definition) is 6. The third-order valence-electron chi connectivity index (χ3n) is 15.0. The molecule has 0 aliphatic heterocycles. The Hall–Kier alpha value is -2.50. The summed E-state index contributed by atoms with van der Waals surface area (Å²) in [6.07, 6.45) is 36.2. The average Bonchev–Trinajstić information content (AvgIpc) is 3.37. The van der Waals surface area contributed by atoms with Gasteiger partial charge in [0.1, 0.15) is 5.60 Å². The van der Waals surface area contributed by atoms with Gasteiger partial charge >= 0.3 is 17.2 Å². The van der Waals surface area contributed by atoms with Crippen LogP contribution in [0.25, 0.3) is 0 Å². The van der Waals surface area contributed by atoms with E-state index in [0.717, 1.165) is 129 Å². The number of aryl methyl sites for hydroxylation is 4. The Kier molecular flexibility index (Phi) is 31.3. The van der Waals surface area contributed by atoms with Crippen molar-refractivity contribution in [1.29, 1.82) is 0 Å². The van der Waals surface area contributed by atoms with Crippen molar-refractivity contribution in [2.45, 2.75) is 251 Å². The second-order valence-electron chi connectivity index (χ2n) is 20.6. The van der Waals surface area contributed by atoms with Gasteiger partial charge in [-0.25, -0.2) is 0 Å². The van der Waals surface area contributed by atoms with Gasteiger partial charge in [-0.1, -0.05) is 279 Å². The standard InChI is InChI=1S/C63H98O6P2/c1-5-9-13-17-21-25-29-41-54-42-33-34-49-58(54)53-62(68-70(64)65,59-50-38-35-46-55(59)43-30-26-22-18-14-10-6-2)63(69-71(66)67,60-51-39-36-47-56(60)44-31-27-23-19-15-11-7-3)61-52-40-37-48-57(61)45-32-28-24-20-16-12-8-4/h33-40,42,46-52,64-67H,5-32,41,43-45,53H2,1-4H3. The molecule has 0 radical (unpaired) electrons. The van der Waals surface area contributed by atoms with Crippen LogP contribution in [0.4, 0.5) is 0 Å². The van der Waals surface area contributed by atoms with E-state index >= 15 is 0 Å². The summed E-state index contributed by atoms with van der Waals surface area (Å²) in [6, 6.07) is 33.7. The lowest BCUT2D eigenvalue weighted by Crippen LogP contribution is -2.55. The molecule has 6 nitrogen and oxygen atoms in total. The molecule has 0 spiro atoms. The second-order valence-corrected chi connectivity index (χ2v) is 22.0. The van der Waals surface area contributed by atoms with Crippen LogP contribution >= 0.6 is 17.2 Å². The highest BCUT2D eigenvalue weighted by atomic mass is 31.2. The molecule has 0 amide bonds. The molecular formula is C63H98O6P2. The Morgan fingerprint density at radius 1 is 0.310 bits per heavy atom. The first-order valence-electron chi connectivity index (χ1n) is 28.8. The van der Waals surface area contributed by atoms with Gasteiger partial charge in [-0.05, 0) is 95.9 Å². The summed E-state index contributed by atoms with van der Waals surface area (Å²) in [5.41, 5.74) is 4.24. The first-order chi connectivity index (χ1) is 34.8. The maximum Gasteiger partial charge on any atom is 0.328 e. The number of hydrogen-bond donors (Lipinski definition) is 4. The van der Waals surface area contributed by atoms with Crippen LogP contribution in [-0.2, 0) is 52.4 Å². The molecule has 0 heterocycles. The third kappa shape index (κ3) is 20.3. The average molecular weight is 1010 g/mol. The number of unbranched alkanes of at least 4 members (excludes halogenated alkanes) is 24. The van der Waals surface area contributed by atoms with Gasteiger partial charge in [-0.2, -0.15) is 0 Å². The molecule has 1 unspecified atom stereocenters. The van der Waals surface area contributed by atoms with Crippen molar-refractivity contribution in [3.63, 3.8) is 0 Å². The van der Waals surface area contributed by atoms with Crippen LogP contribution < -0.4 is 0 Å². The molecular weight excluding hydrogens is 915 g/mol. The van der Waals surface area contributed by atoms with E-state index in [1.165, 1.54) is 121 Å². The van der Waals surface area contributed by atoms with Gasteiger partial charge in [-0.3, -0.25) is 9.05 Å². The number of rotatable bonds is 42. The minimum absolute atomic E-state index is 0.203. The van der Waals surface area contributed by atoms with Crippen molar-refractivity contribution >= 4 is 17.2 Å². The summed E-state index contributed by atoms with van der Waals surface area (Å²) in [4.78, 5) is 47.0. The van der Waals surface area contributed by atoms with E-state index in [1.54, 1.807) is 0 Å². The van der Waals surface area contributed by atoms with Crippen LogP contribution in [0.2, 0.25) is 0 Å². The molecule has 0 saturated heterocycles. The Bertz CT molecular complexity index is 1910. The lowest BCUT2D eigenvalue weighted by atomic mass is 9.63. The van der Waals surface area contributed by atoms with Crippen LogP contribution in [0.15, 0.2) is 97.1 Å². The van der Waals surface area contributed by atoms with E-state index in [2.05, 4.69) is 107 Å². The highest BCUT2D eigenvalue weighted by molar-refractivity contribution is 7.39. The molecule has 396 valence electrons. The fraction of sp³-hybridized carbons (Fsp3) is 0.619. The fourth-order valence-electron chi connectivity index (χ4n) is 11.2. The van der Waals surface area contributed by atoms with E-state index < -0.39 is 28.4 Å². The zero-order valence-corrected chi connectivity index (χ0v) is 46.9. The van der Waals surface area contributed by atoms with Gasteiger partial charge < -0.3 is 19.6 Å². The summed E-state index contributed by atoms with van der Waals surface area (Å²) < 4.78 is 14.3. The van der Waals surface area contributed by atoms with Gasteiger partial charge in [0, 0.05) is 6.42 Å². The molecule has 71 heavy (non-hydrogen) atoms. The van der Waals surface area contributed by atoms with Gasteiger partial charge in [0.2, 0.25) is 0 Å². The minimum atomic E-state index is -3.06. The number of benzene rings is 4. The van der Waals surface area contributed by atoms with Gasteiger partial charge in [0.05, 0.1) is 0 Å². The molecule has 0 saturated carbocycles. The van der Waals surface area contributed by atoms with Crippen molar-refractivity contribution in [2.24, 2.45) is 0 Å². The van der Waals surface area contributed by atoms with Crippen LogP contribution in [0.3, 0.4) is 0 Å². The van der Waals surface area contributed by atoms with Gasteiger partial charge in [-0.15, -0.1) is 0 Å². The molecule has 4 aromatic rings. The van der Waals surface area contributed by atoms with Crippen molar-refractivity contribution < 1.29 is 28.6 Å². The Morgan fingerprint density at radius 2 is 0.577 bits per heavy atom. The molecule has 0 bridgehead atoms. The molecule has 0 aliphatic carbocycles. The van der Waals surface area contributed by atoms with Crippen LogP contribution in [0, 0.1) is 0 Å².